The number of nitrogens with one attached hydrogen (secondary N) is 1. The Morgan fingerprint density at radius 3 is 3.06 bits per heavy atom. The smallest absolute Gasteiger partial charge is 0.145 e. The summed E-state index contributed by atoms with van der Waals surface area (Å²) in [7, 11) is 0. The van der Waals surface area contributed by atoms with Crippen LogP contribution >= 0.6 is 0 Å². The van der Waals surface area contributed by atoms with E-state index >= 15 is 0 Å². The molecular weight excluding hydrogens is 219 g/mol. The predicted octanol–water partition coefficient (Wildman–Crippen LogP) is 1.96. The summed E-state index contributed by atoms with van der Waals surface area (Å²) in [6, 6.07) is 6.99. The van der Waals surface area contributed by atoms with Crippen LogP contribution in [0.5, 0.6) is 0 Å². The zero-order valence-corrected chi connectivity index (χ0v) is 9.74. The minimum Gasteiger partial charge on any atom is -0.377 e. The van der Waals surface area contributed by atoms with E-state index in [1.807, 2.05) is 13.0 Å². The first-order valence-electron chi connectivity index (χ1n) is 5.75. The van der Waals surface area contributed by atoms with Crippen molar-refractivity contribution in [3.05, 3.63) is 35.1 Å². The molecular formula is C13H15FN2O. The molecule has 2 rings (SSSR count). The highest BCUT2D eigenvalue weighted by molar-refractivity contribution is 5.34. The highest BCUT2D eigenvalue weighted by Gasteiger charge is 2.23. The molecule has 0 amide bonds. The Morgan fingerprint density at radius 2 is 2.41 bits per heavy atom. The van der Waals surface area contributed by atoms with Crippen LogP contribution in [-0.4, -0.2) is 18.8 Å². The summed E-state index contributed by atoms with van der Waals surface area (Å²) in [5, 5.41) is 12.0. The average Bonchev–Trinajstić information content (AvgIpc) is 2.74. The maximum Gasteiger partial charge on any atom is 0.145 e. The quantitative estimate of drug-likeness (QED) is 0.869. The van der Waals surface area contributed by atoms with Crippen LogP contribution in [0.25, 0.3) is 0 Å². The summed E-state index contributed by atoms with van der Waals surface area (Å²) >= 11 is 0. The van der Waals surface area contributed by atoms with Crippen molar-refractivity contribution < 1.29 is 9.13 Å². The first-order valence-corrected chi connectivity index (χ1v) is 5.75. The molecule has 4 heteroatoms. The fourth-order valence-electron chi connectivity index (χ4n) is 2.04. The third-order valence-corrected chi connectivity index (χ3v) is 3.13. The summed E-state index contributed by atoms with van der Waals surface area (Å²) in [6.45, 7) is 3.19. The van der Waals surface area contributed by atoms with E-state index in [0.29, 0.717) is 12.1 Å². The number of hydrogen-bond acceptors (Lipinski definition) is 3. The molecule has 0 aromatic heterocycles. The molecule has 1 aromatic rings. The van der Waals surface area contributed by atoms with Gasteiger partial charge in [0, 0.05) is 24.8 Å². The van der Waals surface area contributed by atoms with Gasteiger partial charge in [-0.15, -0.1) is 0 Å². The van der Waals surface area contributed by atoms with Crippen LogP contribution in [0.1, 0.15) is 24.5 Å². The average molecular weight is 234 g/mol. The summed E-state index contributed by atoms with van der Waals surface area (Å²) in [5.74, 6) is -0.422. The predicted molar refractivity (Wildman–Crippen MR) is 61.8 cm³/mol. The van der Waals surface area contributed by atoms with Gasteiger partial charge in [0.25, 0.3) is 0 Å². The molecule has 0 spiro atoms. The lowest BCUT2D eigenvalue weighted by molar-refractivity contribution is 0.113. The topological polar surface area (TPSA) is 45.0 Å². The SMILES string of the molecule is CC1OCCC1NCc1cccc(C#N)c1F. The molecule has 3 nitrogen and oxygen atoms in total. The van der Waals surface area contributed by atoms with Gasteiger partial charge in [-0.25, -0.2) is 4.39 Å². The molecule has 0 saturated carbocycles. The van der Waals surface area contributed by atoms with Gasteiger partial charge in [0.1, 0.15) is 11.9 Å². The van der Waals surface area contributed by atoms with Crippen LogP contribution < -0.4 is 5.32 Å². The number of halogens is 1. The van der Waals surface area contributed by atoms with Crippen molar-refractivity contribution in [2.75, 3.05) is 6.61 Å². The van der Waals surface area contributed by atoms with Crippen LogP contribution in [0.3, 0.4) is 0 Å². The van der Waals surface area contributed by atoms with Crippen molar-refractivity contribution in [2.45, 2.75) is 32.0 Å². The maximum atomic E-state index is 13.8. The van der Waals surface area contributed by atoms with E-state index in [0.717, 1.165) is 13.0 Å². The Hall–Kier alpha value is -1.44. The molecule has 1 aromatic carbocycles. The van der Waals surface area contributed by atoms with Gasteiger partial charge in [0.2, 0.25) is 0 Å². The molecule has 1 N–H and O–H groups in total. The van der Waals surface area contributed by atoms with Gasteiger partial charge in [-0.1, -0.05) is 12.1 Å². The highest BCUT2D eigenvalue weighted by atomic mass is 19.1. The number of nitrogens with zero attached hydrogens (tertiary/aromatic N) is 1. The first-order chi connectivity index (χ1) is 8.22. The zero-order valence-electron chi connectivity index (χ0n) is 9.74. The van der Waals surface area contributed by atoms with Crippen LogP contribution in [0.4, 0.5) is 4.39 Å². The lowest BCUT2D eigenvalue weighted by Crippen LogP contribution is -2.34. The Labute approximate surface area is 100 Å². The van der Waals surface area contributed by atoms with Crippen molar-refractivity contribution in [1.82, 2.24) is 5.32 Å². The van der Waals surface area contributed by atoms with E-state index in [2.05, 4.69) is 5.32 Å². The van der Waals surface area contributed by atoms with Crippen molar-refractivity contribution >= 4 is 0 Å². The van der Waals surface area contributed by atoms with Crippen molar-refractivity contribution in [1.29, 1.82) is 5.26 Å². The van der Waals surface area contributed by atoms with Gasteiger partial charge in [0.15, 0.2) is 0 Å². The van der Waals surface area contributed by atoms with Gasteiger partial charge < -0.3 is 10.1 Å². The fraction of sp³-hybridized carbons (Fsp3) is 0.462. The number of benzene rings is 1. The van der Waals surface area contributed by atoms with E-state index in [-0.39, 0.29) is 17.7 Å². The van der Waals surface area contributed by atoms with Crippen LogP contribution in [0.15, 0.2) is 18.2 Å². The number of ether oxygens (including phenoxy) is 1. The van der Waals surface area contributed by atoms with Crippen LogP contribution in [-0.2, 0) is 11.3 Å². The standard InChI is InChI=1S/C13H15FN2O/c1-9-12(5-6-17-9)16-8-11-4-2-3-10(7-15)13(11)14/h2-4,9,12,16H,5-6,8H2,1H3. The molecule has 0 aliphatic carbocycles. The minimum atomic E-state index is -0.422. The summed E-state index contributed by atoms with van der Waals surface area (Å²) in [6.07, 6.45) is 1.11. The van der Waals surface area contributed by atoms with Gasteiger partial charge in [-0.05, 0) is 19.4 Å². The second-order valence-electron chi connectivity index (χ2n) is 4.24. The molecule has 0 radical (unpaired) electrons. The fourth-order valence-corrected chi connectivity index (χ4v) is 2.04. The maximum absolute atomic E-state index is 13.8. The van der Waals surface area contributed by atoms with E-state index in [1.165, 1.54) is 6.07 Å². The zero-order chi connectivity index (χ0) is 12.3. The van der Waals surface area contributed by atoms with E-state index in [4.69, 9.17) is 10.00 Å². The first kappa shape index (κ1) is 12.0. The largest absolute Gasteiger partial charge is 0.377 e. The lowest BCUT2D eigenvalue weighted by Gasteiger charge is -2.16. The van der Waals surface area contributed by atoms with E-state index in [9.17, 15) is 4.39 Å². The van der Waals surface area contributed by atoms with Gasteiger partial charge >= 0.3 is 0 Å². The third kappa shape index (κ3) is 2.63. The Balaban J connectivity index is 2.02. The molecule has 90 valence electrons. The molecule has 17 heavy (non-hydrogen) atoms. The monoisotopic (exact) mass is 234 g/mol. The molecule has 1 saturated heterocycles. The minimum absolute atomic E-state index is 0.0972. The number of hydrogen-bond donors (Lipinski definition) is 1. The summed E-state index contributed by atoms with van der Waals surface area (Å²) < 4.78 is 19.2. The van der Waals surface area contributed by atoms with Crippen molar-refractivity contribution in [3.63, 3.8) is 0 Å². The Bertz CT molecular complexity index is 442. The molecule has 2 atom stereocenters. The van der Waals surface area contributed by atoms with Crippen LogP contribution in [0.2, 0.25) is 0 Å². The Kier molecular flexibility index (Phi) is 3.72. The number of nitriles is 1. The normalized spacial score (nSPS) is 23.6. The van der Waals surface area contributed by atoms with Crippen molar-refractivity contribution in [3.8, 4) is 6.07 Å². The third-order valence-electron chi connectivity index (χ3n) is 3.13. The van der Waals surface area contributed by atoms with Gasteiger partial charge in [-0.3, -0.25) is 0 Å². The lowest BCUT2D eigenvalue weighted by atomic mass is 10.1. The summed E-state index contributed by atoms with van der Waals surface area (Å²) in [4.78, 5) is 0. The molecule has 1 aliphatic heterocycles. The van der Waals surface area contributed by atoms with Gasteiger partial charge in [0.05, 0.1) is 11.7 Å². The molecule has 2 unspecified atom stereocenters. The second kappa shape index (κ2) is 5.26. The molecule has 1 aliphatic rings. The van der Waals surface area contributed by atoms with Crippen LogP contribution in [0, 0.1) is 17.1 Å². The van der Waals surface area contributed by atoms with E-state index in [1.54, 1.807) is 12.1 Å². The van der Waals surface area contributed by atoms with Gasteiger partial charge in [-0.2, -0.15) is 5.26 Å². The molecule has 0 bridgehead atoms. The summed E-state index contributed by atoms with van der Waals surface area (Å²) in [5.41, 5.74) is 0.628. The van der Waals surface area contributed by atoms with E-state index < -0.39 is 5.82 Å². The Morgan fingerprint density at radius 1 is 1.59 bits per heavy atom. The number of rotatable bonds is 3. The van der Waals surface area contributed by atoms with Crippen molar-refractivity contribution in [2.24, 2.45) is 0 Å². The molecule has 1 heterocycles. The highest BCUT2D eigenvalue weighted by Crippen LogP contribution is 2.15. The second-order valence-corrected chi connectivity index (χ2v) is 4.24. The molecule has 1 fully saturated rings.